The third kappa shape index (κ3) is 4.49. The van der Waals surface area contributed by atoms with Gasteiger partial charge in [0.1, 0.15) is 5.82 Å². The Balaban J connectivity index is 1.32. The minimum atomic E-state index is -0.320. The number of carbonyl (C=O) groups excluding carboxylic acids is 1. The summed E-state index contributed by atoms with van der Waals surface area (Å²) in [5.41, 5.74) is 1.41. The van der Waals surface area contributed by atoms with Crippen molar-refractivity contribution in [1.82, 2.24) is 10.2 Å². The number of aromatic nitrogens is 2. The molecule has 0 unspecified atom stereocenters. The Kier molecular flexibility index (Phi) is 5.54. The lowest BCUT2D eigenvalue weighted by molar-refractivity contribution is -0.111. The summed E-state index contributed by atoms with van der Waals surface area (Å²) in [6.07, 6.45) is 3.08. The molecular weight excluding hydrogens is 401 g/mol. The third-order valence-corrected chi connectivity index (χ3v) is 5.79. The molecule has 28 heavy (non-hydrogen) atoms. The highest BCUT2D eigenvalue weighted by Crippen LogP contribution is 2.33. The van der Waals surface area contributed by atoms with Gasteiger partial charge >= 0.3 is 0 Å². The minimum absolute atomic E-state index is 0.206. The second kappa shape index (κ2) is 8.41. The van der Waals surface area contributed by atoms with Crippen LogP contribution in [0.25, 0.3) is 6.08 Å². The van der Waals surface area contributed by atoms with Crippen LogP contribution in [0.3, 0.4) is 0 Å². The van der Waals surface area contributed by atoms with Crippen molar-refractivity contribution in [3.8, 4) is 11.5 Å². The van der Waals surface area contributed by atoms with E-state index in [2.05, 4.69) is 15.5 Å². The fourth-order valence-corrected chi connectivity index (χ4v) is 4.15. The molecule has 0 saturated carbocycles. The Morgan fingerprint density at radius 2 is 2.07 bits per heavy atom. The van der Waals surface area contributed by atoms with Crippen LogP contribution in [0.5, 0.6) is 11.5 Å². The van der Waals surface area contributed by atoms with E-state index < -0.39 is 0 Å². The van der Waals surface area contributed by atoms with Gasteiger partial charge in [-0.2, -0.15) is 0 Å². The summed E-state index contributed by atoms with van der Waals surface area (Å²) in [4.78, 5) is 12.1. The van der Waals surface area contributed by atoms with E-state index in [1.165, 1.54) is 35.2 Å². The SMILES string of the molecule is O=C(/C=C/c1ccc2c(c1)OCO2)Nc1nnc(SCc2ccccc2F)s1. The van der Waals surface area contributed by atoms with Gasteiger partial charge in [-0.05, 0) is 35.4 Å². The van der Waals surface area contributed by atoms with Crippen LogP contribution in [0.4, 0.5) is 9.52 Å². The molecule has 1 aliphatic rings. The van der Waals surface area contributed by atoms with Gasteiger partial charge in [-0.15, -0.1) is 10.2 Å². The van der Waals surface area contributed by atoms with E-state index in [0.29, 0.717) is 32.3 Å². The molecule has 3 aromatic rings. The zero-order valence-corrected chi connectivity index (χ0v) is 16.1. The Morgan fingerprint density at radius 3 is 2.96 bits per heavy atom. The Morgan fingerprint density at radius 1 is 1.21 bits per heavy atom. The van der Waals surface area contributed by atoms with E-state index in [1.54, 1.807) is 36.4 Å². The topological polar surface area (TPSA) is 73.3 Å². The maximum Gasteiger partial charge on any atom is 0.250 e. The predicted molar refractivity (Wildman–Crippen MR) is 106 cm³/mol. The lowest BCUT2D eigenvalue weighted by Gasteiger charge is -1.99. The number of nitrogens with one attached hydrogen (secondary N) is 1. The van der Waals surface area contributed by atoms with Gasteiger partial charge in [-0.1, -0.05) is 47.4 Å². The molecule has 6 nitrogen and oxygen atoms in total. The molecule has 0 atom stereocenters. The lowest BCUT2D eigenvalue weighted by Crippen LogP contribution is -2.07. The van der Waals surface area contributed by atoms with Crippen LogP contribution in [0.2, 0.25) is 0 Å². The quantitative estimate of drug-likeness (QED) is 0.367. The fourth-order valence-electron chi connectivity index (χ4n) is 2.41. The first kappa shape index (κ1) is 18.5. The first-order valence-corrected chi connectivity index (χ1v) is 10.1. The van der Waals surface area contributed by atoms with Crippen LogP contribution in [-0.2, 0) is 10.5 Å². The van der Waals surface area contributed by atoms with E-state index >= 15 is 0 Å². The summed E-state index contributed by atoms with van der Waals surface area (Å²) < 4.78 is 24.9. The standard InChI is InChI=1S/C19H14FN3O3S2/c20-14-4-2-1-3-13(14)10-27-19-23-22-18(28-19)21-17(24)8-6-12-5-7-15-16(9-12)26-11-25-15/h1-9H,10-11H2,(H,21,22,24)/b8-6+. The van der Waals surface area contributed by atoms with E-state index in [-0.39, 0.29) is 18.5 Å². The maximum atomic E-state index is 13.6. The van der Waals surface area contributed by atoms with Crippen molar-refractivity contribution in [1.29, 1.82) is 0 Å². The molecule has 0 fully saturated rings. The van der Waals surface area contributed by atoms with E-state index in [4.69, 9.17) is 9.47 Å². The van der Waals surface area contributed by atoms with Crippen LogP contribution >= 0.6 is 23.1 Å². The summed E-state index contributed by atoms with van der Waals surface area (Å²) in [5, 5.41) is 11.0. The number of fused-ring (bicyclic) bond motifs is 1. The van der Waals surface area contributed by atoms with Crippen molar-refractivity contribution in [2.75, 3.05) is 12.1 Å². The molecule has 1 aromatic heterocycles. The van der Waals surface area contributed by atoms with Crippen molar-refractivity contribution in [3.05, 3.63) is 65.5 Å². The summed E-state index contributed by atoms with van der Waals surface area (Å²) in [7, 11) is 0. The van der Waals surface area contributed by atoms with Crippen LogP contribution in [0, 0.1) is 5.82 Å². The van der Waals surface area contributed by atoms with E-state index in [1.807, 2.05) is 6.07 Å². The highest BCUT2D eigenvalue weighted by molar-refractivity contribution is 8.00. The lowest BCUT2D eigenvalue weighted by atomic mass is 10.2. The first-order valence-electron chi connectivity index (χ1n) is 8.26. The van der Waals surface area contributed by atoms with Crippen molar-refractivity contribution >= 4 is 40.2 Å². The number of carbonyl (C=O) groups is 1. The predicted octanol–water partition coefficient (Wildman–Crippen LogP) is 4.35. The van der Waals surface area contributed by atoms with Gasteiger partial charge in [-0.3, -0.25) is 10.1 Å². The van der Waals surface area contributed by atoms with Crippen LogP contribution in [0.15, 0.2) is 52.9 Å². The number of benzene rings is 2. The number of hydrogen-bond acceptors (Lipinski definition) is 7. The molecule has 0 saturated heterocycles. The van der Waals surface area contributed by atoms with Gasteiger partial charge in [0, 0.05) is 11.8 Å². The summed E-state index contributed by atoms with van der Waals surface area (Å²) in [6.45, 7) is 0.206. The molecule has 1 amide bonds. The smallest absolute Gasteiger partial charge is 0.250 e. The Hall–Kier alpha value is -2.91. The molecule has 2 heterocycles. The molecular formula is C19H14FN3O3S2. The molecule has 9 heteroatoms. The average Bonchev–Trinajstić information content (AvgIpc) is 3.34. The molecule has 1 N–H and O–H groups in total. The summed E-state index contributed by atoms with van der Waals surface area (Å²) >= 11 is 2.61. The summed E-state index contributed by atoms with van der Waals surface area (Å²) in [5.74, 6) is 1.22. The molecule has 142 valence electrons. The highest BCUT2D eigenvalue weighted by atomic mass is 32.2. The zero-order valence-electron chi connectivity index (χ0n) is 14.4. The second-order valence-corrected chi connectivity index (χ2v) is 7.89. The molecule has 4 rings (SSSR count). The third-order valence-electron chi connectivity index (χ3n) is 3.77. The summed E-state index contributed by atoms with van der Waals surface area (Å²) in [6, 6.07) is 12.0. The normalized spacial score (nSPS) is 12.5. The molecule has 1 aliphatic heterocycles. The number of rotatable bonds is 6. The number of nitrogens with zero attached hydrogens (tertiary/aromatic N) is 2. The van der Waals surface area contributed by atoms with Gasteiger partial charge in [0.15, 0.2) is 15.8 Å². The maximum absolute atomic E-state index is 13.6. The van der Waals surface area contributed by atoms with Gasteiger partial charge < -0.3 is 9.47 Å². The average molecular weight is 415 g/mol. The van der Waals surface area contributed by atoms with Crippen LogP contribution < -0.4 is 14.8 Å². The minimum Gasteiger partial charge on any atom is -0.454 e. The molecule has 0 bridgehead atoms. The van der Waals surface area contributed by atoms with Gasteiger partial charge in [-0.25, -0.2) is 4.39 Å². The number of hydrogen-bond donors (Lipinski definition) is 1. The molecule has 0 radical (unpaired) electrons. The van der Waals surface area contributed by atoms with Gasteiger partial charge in [0.05, 0.1) is 0 Å². The molecule has 0 spiro atoms. The van der Waals surface area contributed by atoms with Gasteiger partial charge in [0.2, 0.25) is 17.8 Å². The van der Waals surface area contributed by atoms with Crippen molar-refractivity contribution in [3.63, 3.8) is 0 Å². The molecule has 0 aliphatic carbocycles. The highest BCUT2D eigenvalue weighted by Gasteiger charge is 2.12. The number of ether oxygens (including phenoxy) is 2. The second-order valence-electron chi connectivity index (χ2n) is 5.69. The van der Waals surface area contributed by atoms with Crippen molar-refractivity contribution in [2.24, 2.45) is 0 Å². The largest absolute Gasteiger partial charge is 0.454 e. The first-order chi connectivity index (χ1) is 13.7. The monoisotopic (exact) mass is 415 g/mol. The molecule has 2 aromatic carbocycles. The van der Waals surface area contributed by atoms with E-state index in [0.717, 1.165) is 5.56 Å². The Labute approximate surface area is 168 Å². The number of amides is 1. The Bertz CT molecular complexity index is 1040. The van der Waals surface area contributed by atoms with Crippen molar-refractivity contribution < 1.29 is 18.7 Å². The van der Waals surface area contributed by atoms with Gasteiger partial charge in [0.25, 0.3) is 0 Å². The van der Waals surface area contributed by atoms with Crippen molar-refractivity contribution in [2.45, 2.75) is 10.1 Å². The van der Waals surface area contributed by atoms with Crippen LogP contribution in [0.1, 0.15) is 11.1 Å². The number of halogens is 1. The number of anilines is 1. The zero-order chi connectivity index (χ0) is 19.3. The number of thioether (sulfide) groups is 1. The van der Waals surface area contributed by atoms with Crippen LogP contribution in [-0.4, -0.2) is 22.9 Å². The van der Waals surface area contributed by atoms with E-state index in [9.17, 15) is 9.18 Å². The fraction of sp³-hybridized carbons (Fsp3) is 0.105.